The fraction of sp³-hybridized carbons (Fsp3) is 0.417. The fourth-order valence-corrected chi connectivity index (χ4v) is 1.46. The normalized spacial score (nSPS) is 12.1. The summed E-state index contributed by atoms with van der Waals surface area (Å²) in [6.45, 7) is 0. The molecule has 0 heterocycles. The summed E-state index contributed by atoms with van der Waals surface area (Å²) in [6.07, 6.45) is 2.13. The molecular formula is C12H16O3. The van der Waals surface area contributed by atoms with Gasteiger partial charge in [-0.25, -0.2) is 0 Å². The molecule has 0 spiro atoms. The van der Waals surface area contributed by atoms with Crippen LogP contribution in [0.3, 0.4) is 0 Å². The van der Waals surface area contributed by atoms with Crippen LogP contribution in [0, 0.1) is 0 Å². The van der Waals surface area contributed by atoms with Crippen molar-refractivity contribution < 1.29 is 14.3 Å². The molecule has 1 aromatic rings. The first-order chi connectivity index (χ1) is 7.31. The molecular weight excluding hydrogens is 192 g/mol. The van der Waals surface area contributed by atoms with Crippen molar-refractivity contribution >= 4 is 6.29 Å². The number of methoxy groups -OCH3 is 2. The molecule has 0 aliphatic heterocycles. The molecule has 0 aliphatic rings. The van der Waals surface area contributed by atoms with Gasteiger partial charge >= 0.3 is 0 Å². The summed E-state index contributed by atoms with van der Waals surface area (Å²) in [4.78, 5) is 10.3. The quantitative estimate of drug-likeness (QED) is 0.673. The standard InChI is InChI=1S/C12H16O3/c1-14-11-7-5-10(6-8-11)12(15-2)4-3-9-13/h5-9,12H,3-4H2,1-2H3. The summed E-state index contributed by atoms with van der Waals surface area (Å²) in [5.41, 5.74) is 1.07. The Morgan fingerprint density at radius 1 is 1.27 bits per heavy atom. The first kappa shape index (κ1) is 11.7. The second kappa shape index (κ2) is 6.19. The van der Waals surface area contributed by atoms with Crippen molar-refractivity contribution in [1.29, 1.82) is 0 Å². The van der Waals surface area contributed by atoms with E-state index in [2.05, 4.69) is 0 Å². The second-order valence-electron chi connectivity index (χ2n) is 3.24. The molecule has 1 aromatic carbocycles. The molecule has 0 saturated carbocycles. The molecule has 1 atom stereocenters. The van der Waals surface area contributed by atoms with Gasteiger partial charge in [0.05, 0.1) is 13.2 Å². The molecule has 3 heteroatoms. The van der Waals surface area contributed by atoms with E-state index in [0.717, 1.165) is 17.6 Å². The van der Waals surface area contributed by atoms with Gasteiger partial charge in [-0.05, 0) is 24.1 Å². The van der Waals surface area contributed by atoms with Gasteiger partial charge in [0.15, 0.2) is 0 Å². The van der Waals surface area contributed by atoms with Gasteiger partial charge in [-0.15, -0.1) is 0 Å². The summed E-state index contributed by atoms with van der Waals surface area (Å²) in [7, 11) is 3.29. The number of aldehydes is 1. The molecule has 0 aliphatic carbocycles. The zero-order valence-corrected chi connectivity index (χ0v) is 9.10. The van der Waals surface area contributed by atoms with Crippen LogP contribution in [-0.2, 0) is 9.53 Å². The van der Waals surface area contributed by atoms with E-state index >= 15 is 0 Å². The molecule has 0 fully saturated rings. The average Bonchev–Trinajstić information content (AvgIpc) is 2.31. The molecule has 0 bridgehead atoms. The molecule has 1 unspecified atom stereocenters. The highest BCUT2D eigenvalue weighted by molar-refractivity contribution is 5.49. The minimum atomic E-state index is -0.0129. The summed E-state index contributed by atoms with van der Waals surface area (Å²) in [5, 5.41) is 0. The Hall–Kier alpha value is -1.35. The summed E-state index contributed by atoms with van der Waals surface area (Å²) >= 11 is 0. The maximum absolute atomic E-state index is 10.3. The minimum Gasteiger partial charge on any atom is -0.497 e. The predicted octanol–water partition coefficient (Wildman–Crippen LogP) is 2.36. The Morgan fingerprint density at radius 2 is 1.93 bits per heavy atom. The maximum atomic E-state index is 10.3. The van der Waals surface area contributed by atoms with Crippen molar-refractivity contribution in [2.75, 3.05) is 14.2 Å². The summed E-state index contributed by atoms with van der Waals surface area (Å²) < 4.78 is 10.4. The SMILES string of the molecule is COc1ccc(C(CCC=O)OC)cc1. The third-order valence-corrected chi connectivity index (χ3v) is 2.32. The van der Waals surface area contributed by atoms with E-state index in [1.54, 1.807) is 14.2 Å². The van der Waals surface area contributed by atoms with Gasteiger partial charge in [0.25, 0.3) is 0 Å². The van der Waals surface area contributed by atoms with Gasteiger partial charge in [0.2, 0.25) is 0 Å². The lowest BCUT2D eigenvalue weighted by Gasteiger charge is -2.14. The Morgan fingerprint density at radius 3 is 2.40 bits per heavy atom. The lowest BCUT2D eigenvalue weighted by molar-refractivity contribution is -0.108. The third-order valence-electron chi connectivity index (χ3n) is 2.32. The zero-order chi connectivity index (χ0) is 11.1. The highest BCUT2D eigenvalue weighted by atomic mass is 16.5. The summed E-state index contributed by atoms with van der Waals surface area (Å²) in [5.74, 6) is 0.823. The Bertz CT molecular complexity index is 292. The molecule has 0 amide bonds. The van der Waals surface area contributed by atoms with Crippen LogP contribution in [0.5, 0.6) is 5.75 Å². The van der Waals surface area contributed by atoms with Crippen molar-refractivity contribution in [2.45, 2.75) is 18.9 Å². The van der Waals surface area contributed by atoms with Crippen LogP contribution in [0.4, 0.5) is 0 Å². The number of carbonyl (C=O) groups excluding carboxylic acids is 1. The number of hydrogen-bond acceptors (Lipinski definition) is 3. The number of ether oxygens (including phenoxy) is 2. The Labute approximate surface area is 90.0 Å². The van der Waals surface area contributed by atoms with Crippen molar-refractivity contribution in [3.63, 3.8) is 0 Å². The van der Waals surface area contributed by atoms with E-state index in [-0.39, 0.29) is 6.10 Å². The van der Waals surface area contributed by atoms with Crippen LogP contribution in [0.2, 0.25) is 0 Å². The number of benzene rings is 1. The van der Waals surface area contributed by atoms with Crippen LogP contribution >= 0.6 is 0 Å². The predicted molar refractivity (Wildman–Crippen MR) is 58.0 cm³/mol. The van der Waals surface area contributed by atoms with Gasteiger partial charge in [-0.2, -0.15) is 0 Å². The zero-order valence-electron chi connectivity index (χ0n) is 9.10. The van der Waals surface area contributed by atoms with Crippen molar-refractivity contribution in [2.24, 2.45) is 0 Å². The Kier molecular flexibility index (Phi) is 4.84. The van der Waals surface area contributed by atoms with E-state index in [1.807, 2.05) is 24.3 Å². The fourth-order valence-electron chi connectivity index (χ4n) is 1.46. The third kappa shape index (κ3) is 3.36. The van der Waals surface area contributed by atoms with E-state index < -0.39 is 0 Å². The van der Waals surface area contributed by atoms with Gasteiger partial charge < -0.3 is 14.3 Å². The van der Waals surface area contributed by atoms with E-state index in [4.69, 9.17) is 9.47 Å². The van der Waals surface area contributed by atoms with Gasteiger partial charge in [-0.1, -0.05) is 12.1 Å². The van der Waals surface area contributed by atoms with Crippen molar-refractivity contribution in [1.82, 2.24) is 0 Å². The number of rotatable bonds is 6. The van der Waals surface area contributed by atoms with E-state index in [9.17, 15) is 4.79 Å². The van der Waals surface area contributed by atoms with Crippen LogP contribution in [-0.4, -0.2) is 20.5 Å². The van der Waals surface area contributed by atoms with E-state index in [0.29, 0.717) is 12.8 Å². The first-order valence-electron chi connectivity index (χ1n) is 4.92. The molecule has 1 rings (SSSR count). The highest BCUT2D eigenvalue weighted by Crippen LogP contribution is 2.23. The lowest BCUT2D eigenvalue weighted by atomic mass is 10.1. The first-order valence-corrected chi connectivity index (χ1v) is 4.92. The van der Waals surface area contributed by atoms with E-state index in [1.165, 1.54) is 0 Å². The maximum Gasteiger partial charge on any atom is 0.120 e. The topological polar surface area (TPSA) is 35.5 Å². The number of hydrogen-bond donors (Lipinski definition) is 0. The largest absolute Gasteiger partial charge is 0.497 e. The molecule has 0 saturated heterocycles. The molecule has 82 valence electrons. The average molecular weight is 208 g/mol. The number of carbonyl (C=O) groups is 1. The molecule has 0 N–H and O–H groups in total. The van der Waals surface area contributed by atoms with Crippen molar-refractivity contribution in [3.05, 3.63) is 29.8 Å². The van der Waals surface area contributed by atoms with Gasteiger partial charge in [0, 0.05) is 13.5 Å². The Balaban J connectivity index is 2.69. The smallest absolute Gasteiger partial charge is 0.120 e. The van der Waals surface area contributed by atoms with Crippen LogP contribution in [0.15, 0.2) is 24.3 Å². The molecule has 0 radical (unpaired) electrons. The molecule has 0 aromatic heterocycles. The second-order valence-corrected chi connectivity index (χ2v) is 3.24. The van der Waals surface area contributed by atoms with Crippen LogP contribution in [0.25, 0.3) is 0 Å². The van der Waals surface area contributed by atoms with Crippen molar-refractivity contribution in [3.8, 4) is 5.75 Å². The van der Waals surface area contributed by atoms with Crippen LogP contribution in [0.1, 0.15) is 24.5 Å². The highest BCUT2D eigenvalue weighted by Gasteiger charge is 2.09. The minimum absolute atomic E-state index is 0.0129. The van der Waals surface area contributed by atoms with Crippen LogP contribution < -0.4 is 4.74 Å². The molecule has 15 heavy (non-hydrogen) atoms. The monoisotopic (exact) mass is 208 g/mol. The van der Waals surface area contributed by atoms with Gasteiger partial charge in [-0.3, -0.25) is 0 Å². The molecule has 3 nitrogen and oxygen atoms in total. The summed E-state index contributed by atoms with van der Waals surface area (Å²) in [6, 6.07) is 7.69. The lowest BCUT2D eigenvalue weighted by Crippen LogP contribution is -2.01. The van der Waals surface area contributed by atoms with Gasteiger partial charge in [0.1, 0.15) is 12.0 Å².